The first-order valence-electron chi connectivity index (χ1n) is 4.98. The van der Waals surface area contributed by atoms with Crippen molar-refractivity contribution in [2.75, 3.05) is 6.61 Å². The maximum atomic E-state index is 8.82. The summed E-state index contributed by atoms with van der Waals surface area (Å²) in [6.45, 7) is 4.52. The van der Waals surface area contributed by atoms with Crippen molar-refractivity contribution < 1.29 is 9.84 Å². The minimum atomic E-state index is 0.308. The zero-order valence-corrected chi connectivity index (χ0v) is 8.12. The Hall–Kier alpha value is -0.0800. The Morgan fingerprint density at radius 2 is 2.25 bits per heavy atom. The van der Waals surface area contributed by atoms with Crippen LogP contribution in [0.5, 0.6) is 0 Å². The Kier molecular flexibility index (Phi) is 4.02. The van der Waals surface area contributed by atoms with Gasteiger partial charge in [0.05, 0.1) is 12.2 Å². The summed E-state index contributed by atoms with van der Waals surface area (Å²) in [5, 5.41) is 8.82. The van der Waals surface area contributed by atoms with Crippen LogP contribution in [-0.4, -0.2) is 23.9 Å². The molecule has 0 saturated carbocycles. The Labute approximate surface area is 74.9 Å². The van der Waals surface area contributed by atoms with Gasteiger partial charge in [0.15, 0.2) is 0 Å². The quantitative estimate of drug-likeness (QED) is 0.702. The molecule has 12 heavy (non-hydrogen) atoms. The Morgan fingerprint density at radius 1 is 1.50 bits per heavy atom. The smallest absolute Gasteiger partial charge is 0.0579 e. The van der Waals surface area contributed by atoms with Crippen LogP contribution in [0.15, 0.2) is 0 Å². The number of hydrogen-bond donors (Lipinski definition) is 1. The molecule has 2 heteroatoms. The second-order valence-corrected chi connectivity index (χ2v) is 4.01. The maximum Gasteiger partial charge on any atom is 0.0579 e. The van der Waals surface area contributed by atoms with E-state index in [0.717, 1.165) is 12.8 Å². The molecule has 0 aromatic rings. The highest BCUT2D eigenvalue weighted by atomic mass is 16.5. The number of rotatable bonds is 4. The first-order valence-corrected chi connectivity index (χ1v) is 4.98. The molecular formula is C10H20O2. The molecule has 1 aliphatic heterocycles. The molecule has 1 heterocycles. The maximum absolute atomic E-state index is 8.82. The molecule has 72 valence electrons. The molecule has 0 aromatic heterocycles. The Balaban J connectivity index is 2.07. The van der Waals surface area contributed by atoms with Gasteiger partial charge in [0, 0.05) is 6.61 Å². The normalized spacial score (nSPS) is 32.2. The van der Waals surface area contributed by atoms with Gasteiger partial charge >= 0.3 is 0 Å². The van der Waals surface area contributed by atoms with E-state index in [1.165, 1.54) is 12.8 Å². The van der Waals surface area contributed by atoms with Crippen LogP contribution in [0.4, 0.5) is 0 Å². The van der Waals surface area contributed by atoms with E-state index < -0.39 is 0 Å². The molecule has 1 fully saturated rings. The molecule has 0 bridgehead atoms. The zero-order chi connectivity index (χ0) is 8.97. The van der Waals surface area contributed by atoms with E-state index in [4.69, 9.17) is 9.84 Å². The molecule has 0 amide bonds. The Bertz CT molecular complexity index is 125. The second-order valence-electron chi connectivity index (χ2n) is 4.01. The lowest BCUT2D eigenvalue weighted by Gasteiger charge is -2.13. The highest BCUT2D eigenvalue weighted by Crippen LogP contribution is 2.23. The summed E-state index contributed by atoms with van der Waals surface area (Å²) in [6, 6.07) is 0. The molecule has 0 spiro atoms. The van der Waals surface area contributed by atoms with Crippen molar-refractivity contribution in [2.45, 2.75) is 51.7 Å². The molecule has 1 saturated heterocycles. The van der Waals surface area contributed by atoms with Crippen LogP contribution in [0.1, 0.15) is 39.5 Å². The third-order valence-corrected chi connectivity index (χ3v) is 2.61. The average Bonchev–Trinajstić information content (AvgIpc) is 2.47. The standard InChI is InChI=1S/C10H20O2/c1-8(7-11)3-5-10-6-4-9(2)12-10/h8-11H,3-7H2,1-2H3. The van der Waals surface area contributed by atoms with Gasteiger partial charge in [-0.1, -0.05) is 6.92 Å². The first kappa shape index (κ1) is 10.0. The van der Waals surface area contributed by atoms with E-state index in [1.807, 2.05) is 0 Å². The third-order valence-electron chi connectivity index (χ3n) is 2.61. The highest BCUT2D eigenvalue weighted by Gasteiger charge is 2.21. The molecule has 1 aliphatic rings. The summed E-state index contributed by atoms with van der Waals surface area (Å²) in [5.74, 6) is 0.435. The van der Waals surface area contributed by atoms with Crippen molar-refractivity contribution in [1.29, 1.82) is 0 Å². The van der Waals surface area contributed by atoms with E-state index in [0.29, 0.717) is 24.7 Å². The molecule has 3 unspecified atom stereocenters. The van der Waals surface area contributed by atoms with Crippen molar-refractivity contribution in [2.24, 2.45) is 5.92 Å². The van der Waals surface area contributed by atoms with Crippen LogP contribution in [0.2, 0.25) is 0 Å². The summed E-state index contributed by atoms with van der Waals surface area (Å²) in [6.07, 6.45) is 5.55. The second kappa shape index (κ2) is 4.83. The molecule has 1 rings (SSSR count). The minimum Gasteiger partial charge on any atom is -0.396 e. The zero-order valence-electron chi connectivity index (χ0n) is 8.12. The number of aliphatic hydroxyl groups is 1. The molecule has 2 nitrogen and oxygen atoms in total. The molecular weight excluding hydrogens is 152 g/mol. The molecule has 0 aromatic carbocycles. The van der Waals surface area contributed by atoms with Crippen LogP contribution in [0, 0.1) is 5.92 Å². The molecule has 0 aliphatic carbocycles. The first-order chi connectivity index (χ1) is 5.72. The summed E-state index contributed by atoms with van der Waals surface area (Å²) >= 11 is 0. The van der Waals surface area contributed by atoms with Crippen molar-refractivity contribution in [1.82, 2.24) is 0 Å². The summed E-state index contributed by atoms with van der Waals surface area (Å²) < 4.78 is 5.67. The van der Waals surface area contributed by atoms with E-state index >= 15 is 0 Å². The highest BCUT2D eigenvalue weighted by molar-refractivity contribution is 4.71. The summed E-state index contributed by atoms with van der Waals surface area (Å²) in [5.41, 5.74) is 0. The van der Waals surface area contributed by atoms with Crippen molar-refractivity contribution in [3.8, 4) is 0 Å². The lowest BCUT2D eigenvalue weighted by molar-refractivity contribution is 0.0457. The molecule has 3 atom stereocenters. The number of aliphatic hydroxyl groups excluding tert-OH is 1. The Morgan fingerprint density at radius 3 is 2.75 bits per heavy atom. The van der Waals surface area contributed by atoms with Gasteiger partial charge in [-0.25, -0.2) is 0 Å². The fourth-order valence-corrected chi connectivity index (χ4v) is 1.66. The predicted molar refractivity (Wildman–Crippen MR) is 49.1 cm³/mol. The van der Waals surface area contributed by atoms with Gasteiger partial charge in [-0.2, -0.15) is 0 Å². The fraction of sp³-hybridized carbons (Fsp3) is 1.00. The van der Waals surface area contributed by atoms with Gasteiger partial charge in [0.25, 0.3) is 0 Å². The third kappa shape index (κ3) is 3.11. The van der Waals surface area contributed by atoms with Gasteiger partial charge in [-0.05, 0) is 38.5 Å². The van der Waals surface area contributed by atoms with Gasteiger partial charge in [-0.3, -0.25) is 0 Å². The lowest BCUT2D eigenvalue weighted by Crippen LogP contribution is -2.11. The van der Waals surface area contributed by atoms with E-state index in [-0.39, 0.29) is 0 Å². The summed E-state index contributed by atoms with van der Waals surface area (Å²) in [4.78, 5) is 0. The van der Waals surface area contributed by atoms with E-state index in [2.05, 4.69) is 13.8 Å². The SMILES string of the molecule is CC(CO)CCC1CCC(C)O1. The topological polar surface area (TPSA) is 29.5 Å². The summed E-state index contributed by atoms with van der Waals surface area (Å²) in [7, 11) is 0. The van der Waals surface area contributed by atoms with Crippen LogP contribution >= 0.6 is 0 Å². The van der Waals surface area contributed by atoms with Crippen LogP contribution < -0.4 is 0 Å². The lowest BCUT2D eigenvalue weighted by atomic mass is 10.0. The van der Waals surface area contributed by atoms with Crippen molar-refractivity contribution in [3.05, 3.63) is 0 Å². The monoisotopic (exact) mass is 172 g/mol. The largest absolute Gasteiger partial charge is 0.396 e. The van der Waals surface area contributed by atoms with E-state index in [1.54, 1.807) is 0 Å². The van der Waals surface area contributed by atoms with Gasteiger partial charge in [0.1, 0.15) is 0 Å². The van der Waals surface area contributed by atoms with E-state index in [9.17, 15) is 0 Å². The van der Waals surface area contributed by atoms with Crippen LogP contribution in [0.3, 0.4) is 0 Å². The van der Waals surface area contributed by atoms with Gasteiger partial charge < -0.3 is 9.84 Å². The number of ether oxygens (including phenoxy) is 1. The van der Waals surface area contributed by atoms with Gasteiger partial charge in [0.2, 0.25) is 0 Å². The number of hydrogen-bond acceptors (Lipinski definition) is 2. The minimum absolute atomic E-state index is 0.308. The van der Waals surface area contributed by atoms with Crippen LogP contribution in [0.25, 0.3) is 0 Å². The van der Waals surface area contributed by atoms with Crippen molar-refractivity contribution >= 4 is 0 Å². The van der Waals surface area contributed by atoms with Crippen molar-refractivity contribution in [3.63, 3.8) is 0 Å². The molecule has 1 N–H and O–H groups in total. The molecule has 0 radical (unpaired) electrons. The van der Waals surface area contributed by atoms with Gasteiger partial charge in [-0.15, -0.1) is 0 Å². The average molecular weight is 172 g/mol. The fourth-order valence-electron chi connectivity index (χ4n) is 1.66. The van der Waals surface area contributed by atoms with Crippen LogP contribution in [-0.2, 0) is 4.74 Å². The predicted octanol–water partition coefficient (Wildman–Crippen LogP) is 1.96.